The molecule has 1 unspecified atom stereocenters. The smallest absolute Gasteiger partial charge is 0.267 e. The van der Waals surface area contributed by atoms with Crippen LogP contribution in [0.4, 0.5) is 10.1 Å². The van der Waals surface area contributed by atoms with Crippen molar-refractivity contribution in [2.24, 2.45) is 0 Å². The molecule has 1 amide bonds. The number of hydrogen-bond acceptors (Lipinski definition) is 3. The van der Waals surface area contributed by atoms with Crippen molar-refractivity contribution in [2.75, 3.05) is 11.4 Å². The number of carbonyl (C=O) groups is 1. The molecule has 0 N–H and O–H groups in total. The first-order valence-corrected chi connectivity index (χ1v) is 7.85. The summed E-state index contributed by atoms with van der Waals surface area (Å²) >= 11 is 0. The van der Waals surface area contributed by atoms with E-state index in [0.717, 1.165) is 18.4 Å². The van der Waals surface area contributed by atoms with Crippen molar-refractivity contribution in [3.63, 3.8) is 0 Å². The molecular formula is C19H17FN2O2. The second-order valence-corrected chi connectivity index (χ2v) is 5.74. The van der Waals surface area contributed by atoms with Crippen LogP contribution in [-0.4, -0.2) is 18.6 Å². The fourth-order valence-electron chi connectivity index (χ4n) is 2.91. The van der Waals surface area contributed by atoms with Crippen LogP contribution >= 0.6 is 0 Å². The summed E-state index contributed by atoms with van der Waals surface area (Å²) in [5.74, 6) is -0.155. The fourth-order valence-corrected chi connectivity index (χ4v) is 2.91. The van der Waals surface area contributed by atoms with Crippen LogP contribution in [0.2, 0.25) is 0 Å². The van der Waals surface area contributed by atoms with E-state index in [9.17, 15) is 9.18 Å². The largest absolute Gasteiger partial charge is 0.481 e. The molecule has 2 aromatic rings. The summed E-state index contributed by atoms with van der Waals surface area (Å²) in [7, 11) is 0. The normalized spacial score (nSPS) is 14.5. The van der Waals surface area contributed by atoms with E-state index in [1.54, 1.807) is 37.3 Å². The Morgan fingerprint density at radius 3 is 2.75 bits per heavy atom. The summed E-state index contributed by atoms with van der Waals surface area (Å²) < 4.78 is 19.9. The molecule has 0 bridgehead atoms. The number of amides is 1. The Labute approximate surface area is 140 Å². The van der Waals surface area contributed by atoms with Crippen LogP contribution in [0.1, 0.15) is 24.5 Å². The summed E-state index contributed by atoms with van der Waals surface area (Å²) in [6.07, 6.45) is 0.816. The van der Waals surface area contributed by atoms with Gasteiger partial charge >= 0.3 is 0 Å². The highest BCUT2D eigenvalue weighted by Gasteiger charge is 2.29. The Morgan fingerprint density at radius 1 is 1.29 bits per heavy atom. The molecule has 3 rings (SSSR count). The third kappa shape index (κ3) is 3.09. The topological polar surface area (TPSA) is 53.3 Å². The van der Waals surface area contributed by atoms with Gasteiger partial charge in [-0.05, 0) is 55.7 Å². The van der Waals surface area contributed by atoms with Gasteiger partial charge in [0.25, 0.3) is 5.91 Å². The van der Waals surface area contributed by atoms with E-state index in [2.05, 4.69) is 0 Å². The molecule has 1 heterocycles. The number of nitrogens with zero attached hydrogens (tertiary/aromatic N) is 2. The zero-order valence-electron chi connectivity index (χ0n) is 13.3. The standard InChI is InChI=1S/C19H17FN2O2/c1-13(24-16-9-7-14(12-21)8-10-16)19(23)22-11-3-5-15-4-2-6-17(20)18(15)22/h2,4,6-10,13H,3,5,11H2,1H3. The lowest BCUT2D eigenvalue weighted by molar-refractivity contribution is -0.124. The van der Waals surface area contributed by atoms with E-state index in [1.165, 1.54) is 11.0 Å². The summed E-state index contributed by atoms with van der Waals surface area (Å²) in [6.45, 7) is 2.13. The van der Waals surface area contributed by atoms with Crippen LogP contribution in [0, 0.1) is 17.1 Å². The van der Waals surface area contributed by atoms with E-state index < -0.39 is 6.10 Å². The second kappa shape index (κ2) is 6.71. The van der Waals surface area contributed by atoms with Gasteiger partial charge in [-0.25, -0.2) is 4.39 Å². The quantitative estimate of drug-likeness (QED) is 0.869. The summed E-state index contributed by atoms with van der Waals surface area (Å²) in [4.78, 5) is 14.2. The first-order chi connectivity index (χ1) is 11.6. The number of para-hydroxylation sites is 1. The van der Waals surface area contributed by atoms with Gasteiger partial charge in [-0.2, -0.15) is 5.26 Å². The Morgan fingerprint density at radius 2 is 2.04 bits per heavy atom. The number of carbonyl (C=O) groups excluding carboxylic acids is 1. The van der Waals surface area contributed by atoms with Gasteiger partial charge in [-0.1, -0.05) is 12.1 Å². The maximum Gasteiger partial charge on any atom is 0.267 e. The molecule has 24 heavy (non-hydrogen) atoms. The molecule has 122 valence electrons. The summed E-state index contributed by atoms with van der Waals surface area (Å²) in [5.41, 5.74) is 1.73. The number of halogens is 1. The van der Waals surface area contributed by atoms with Crippen molar-refractivity contribution in [3.8, 4) is 11.8 Å². The first-order valence-electron chi connectivity index (χ1n) is 7.85. The van der Waals surface area contributed by atoms with Crippen molar-refractivity contribution in [1.29, 1.82) is 5.26 Å². The van der Waals surface area contributed by atoms with Gasteiger partial charge < -0.3 is 9.64 Å². The van der Waals surface area contributed by atoms with Crippen molar-refractivity contribution in [1.82, 2.24) is 0 Å². The maximum absolute atomic E-state index is 14.2. The Hall–Kier alpha value is -2.87. The van der Waals surface area contributed by atoms with Gasteiger partial charge in [0, 0.05) is 6.54 Å². The third-order valence-electron chi connectivity index (χ3n) is 4.08. The number of aryl methyl sites for hydroxylation is 1. The van der Waals surface area contributed by atoms with Crippen LogP contribution in [0.3, 0.4) is 0 Å². The highest BCUT2D eigenvalue weighted by molar-refractivity contribution is 5.97. The van der Waals surface area contributed by atoms with Crippen molar-refractivity contribution in [3.05, 3.63) is 59.4 Å². The number of hydrogen-bond donors (Lipinski definition) is 0. The van der Waals surface area contributed by atoms with Crippen LogP contribution in [0.25, 0.3) is 0 Å². The summed E-state index contributed by atoms with van der Waals surface area (Å²) in [6, 6.07) is 13.5. The lowest BCUT2D eigenvalue weighted by Crippen LogP contribution is -2.43. The highest BCUT2D eigenvalue weighted by Crippen LogP contribution is 2.30. The molecule has 0 radical (unpaired) electrons. The molecule has 0 aromatic heterocycles. The van der Waals surface area contributed by atoms with Gasteiger partial charge in [0.15, 0.2) is 6.10 Å². The van der Waals surface area contributed by atoms with Gasteiger partial charge in [-0.15, -0.1) is 0 Å². The SMILES string of the molecule is CC(Oc1ccc(C#N)cc1)C(=O)N1CCCc2cccc(F)c21. The minimum absolute atomic E-state index is 0.273. The Bertz CT molecular complexity index is 796. The van der Waals surface area contributed by atoms with Gasteiger partial charge in [0.1, 0.15) is 11.6 Å². The lowest BCUT2D eigenvalue weighted by atomic mass is 10.0. The predicted octanol–water partition coefficient (Wildman–Crippen LogP) is 3.44. The van der Waals surface area contributed by atoms with E-state index >= 15 is 0 Å². The van der Waals surface area contributed by atoms with E-state index in [0.29, 0.717) is 23.5 Å². The lowest BCUT2D eigenvalue weighted by Gasteiger charge is -2.31. The van der Waals surface area contributed by atoms with Crippen molar-refractivity contribution in [2.45, 2.75) is 25.9 Å². The van der Waals surface area contributed by atoms with Crippen LogP contribution in [0.15, 0.2) is 42.5 Å². The molecule has 1 aliphatic rings. The Balaban J connectivity index is 1.78. The number of nitriles is 1. The molecule has 5 heteroatoms. The maximum atomic E-state index is 14.2. The zero-order valence-corrected chi connectivity index (χ0v) is 13.3. The number of benzene rings is 2. The van der Waals surface area contributed by atoms with E-state index in [-0.39, 0.29) is 11.7 Å². The molecule has 0 aliphatic carbocycles. The molecule has 0 saturated heterocycles. The molecule has 1 atom stereocenters. The minimum Gasteiger partial charge on any atom is -0.481 e. The first kappa shape index (κ1) is 16.0. The molecule has 0 saturated carbocycles. The van der Waals surface area contributed by atoms with Gasteiger partial charge in [-0.3, -0.25) is 4.79 Å². The number of rotatable bonds is 3. The van der Waals surface area contributed by atoms with Crippen LogP contribution in [-0.2, 0) is 11.2 Å². The van der Waals surface area contributed by atoms with Crippen molar-refractivity contribution < 1.29 is 13.9 Å². The predicted molar refractivity (Wildman–Crippen MR) is 88.3 cm³/mol. The monoisotopic (exact) mass is 324 g/mol. The number of anilines is 1. The fraction of sp³-hybridized carbons (Fsp3) is 0.263. The molecule has 4 nitrogen and oxygen atoms in total. The molecule has 2 aromatic carbocycles. The zero-order chi connectivity index (χ0) is 17.1. The average molecular weight is 324 g/mol. The second-order valence-electron chi connectivity index (χ2n) is 5.74. The van der Waals surface area contributed by atoms with Crippen LogP contribution < -0.4 is 9.64 Å². The van der Waals surface area contributed by atoms with Gasteiger partial charge in [0.2, 0.25) is 0 Å². The van der Waals surface area contributed by atoms with Crippen LogP contribution in [0.5, 0.6) is 5.75 Å². The number of ether oxygens (including phenoxy) is 1. The molecule has 0 fully saturated rings. The number of fused-ring (bicyclic) bond motifs is 1. The van der Waals surface area contributed by atoms with E-state index in [1.807, 2.05) is 12.1 Å². The average Bonchev–Trinajstić information content (AvgIpc) is 2.61. The Kier molecular flexibility index (Phi) is 4.48. The minimum atomic E-state index is -0.747. The third-order valence-corrected chi connectivity index (χ3v) is 4.08. The molecule has 1 aliphatic heterocycles. The summed E-state index contributed by atoms with van der Waals surface area (Å²) in [5, 5.41) is 8.80. The van der Waals surface area contributed by atoms with Crippen molar-refractivity contribution >= 4 is 11.6 Å². The highest BCUT2D eigenvalue weighted by atomic mass is 19.1. The van der Waals surface area contributed by atoms with E-state index in [4.69, 9.17) is 10.00 Å². The molecular weight excluding hydrogens is 307 g/mol. The van der Waals surface area contributed by atoms with Gasteiger partial charge in [0.05, 0.1) is 17.3 Å². The molecule has 0 spiro atoms.